The number of hydrogen-bond donors (Lipinski definition) is 1. The van der Waals surface area contributed by atoms with E-state index in [-0.39, 0.29) is 11.9 Å². The molecule has 1 N–H and O–H groups in total. The van der Waals surface area contributed by atoms with Crippen molar-refractivity contribution < 1.29 is 4.39 Å². The maximum Gasteiger partial charge on any atom is 0.123 e. The third kappa shape index (κ3) is 4.13. The molecule has 0 aliphatic heterocycles. The molecule has 0 radical (unpaired) electrons. The number of benzene rings is 2. The van der Waals surface area contributed by atoms with Crippen molar-refractivity contribution >= 4 is 31.9 Å². The first-order chi connectivity index (χ1) is 9.06. The lowest BCUT2D eigenvalue weighted by Crippen LogP contribution is -2.18. The smallest absolute Gasteiger partial charge is 0.123 e. The first-order valence-electron chi connectivity index (χ1n) is 5.99. The Balaban J connectivity index is 2.04. The third-order valence-corrected chi connectivity index (χ3v) is 4.22. The molecule has 4 heteroatoms. The molecular formula is C15H14Br2FN. The standard InChI is InChI=1S/C15H14Br2FN/c1-10(11-3-2-4-13(16)7-11)19-9-12-8-14(18)5-6-15(12)17/h2-8,10,19H,9H2,1H3/t10-/m0/s1. The van der Waals surface area contributed by atoms with Crippen molar-refractivity contribution in [2.75, 3.05) is 0 Å². The maximum absolute atomic E-state index is 13.2. The van der Waals surface area contributed by atoms with E-state index < -0.39 is 0 Å². The molecule has 0 aliphatic rings. The second-order valence-corrected chi connectivity index (χ2v) is 6.16. The zero-order chi connectivity index (χ0) is 13.8. The summed E-state index contributed by atoms with van der Waals surface area (Å²) < 4.78 is 15.2. The van der Waals surface area contributed by atoms with Crippen LogP contribution in [0.1, 0.15) is 24.1 Å². The fraction of sp³-hybridized carbons (Fsp3) is 0.200. The van der Waals surface area contributed by atoms with Crippen LogP contribution in [0, 0.1) is 5.82 Å². The van der Waals surface area contributed by atoms with E-state index in [1.165, 1.54) is 11.6 Å². The fourth-order valence-corrected chi connectivity index (χ4v) is 2.64. The van der Waals surface area contributed by atoms with Crippen LogP contribution in [0.4, 0.5) is 4.39 Å². The minimum Gasteiger partial charge on any atom is -0.306 e. The Labute approximate surface area is 129 Å². The second kappa shape index (κ2) is 6.64. The molecule has 0 heterocycles. The van der Waals surface area contributed by atoms with Crippen LogP contribution in [0.3, 0.4) is 0 Å². The minimum absolute atomic E-state index is 0.202. The van der Waals surface area contributed by atoms with Gasteiger partial charge in [0.2, 0.25) is 0 Å². The molecule has 0 aliphatic carbocycles. The molecule has 0 saturated carbocycles. The van der Waals surface area contributed by atoms with Gasteiger partial charge in [-0.1, -0.05) is 44.0 Å². The largest absolute Gasteiger partial charge is 0.306 e. The van der Waals surface area contributed by atoms with E-state index in [0.717, 1.165) is 14.5 Å². The van der Waals surface area contributed by atoms with Crippen LogP contribution in [0.5, 0.6) is 0 Å². The van der Waals surface area contributed by atoms with Crippen LogP contribution in [0.2, 0.25) is 0 Å². The predicted octanol–water partition coefficient (Wildman–Crippen LogP) is 5.20. The van der Waals surface area contributed by atoms with E-state index in [4.69, 9.17) is 0 Å². The van der Waals surface area contributed by atoms with Crippen molar-refractivity contribution in [3.63, 3.8) is 0 Å². The van der Waals surface area contributed by atoms with Crippen molar-refractivity contribution in [1.29, 1.82) is 0 Å². The van der Waals surface area contributed by atoms with Crippen LogP contribution in [0.25, 0.3) is 0 Å². The van der Waals surface area contributed by atoms with Crippen molar-refractivity contribution in [2.24, 2.45) is 0 Å². The van der Waals surface area contributed by atoms with Crippen molar-refractivity contribution in [3.8, 4) is 0 Å². The van der Waals surface area contributed by atoms with Crippen molar-refractivity contribution in [1.82, 2.24) is 5.32 Å². The van der Waals surface area contributed by atoms with E-state index in [9.17, 15) is 4.39 Å². The van der Waals surface area contributed by atoms with Crippen LogP contribution in [-0.4, -0.2) is 0 Å². The Hall–Kier alpha value is -0.710. The summed E-state index contributed by atoms with van der Waals surface area (Å²) >= 11 is 6.90. The van der Waals surface area contributed by atoms with Gasteiger partial charge in [-0.3, -0.25) is 0 Å². The summed E-state index contributed by atoms with van der Waals surface area (Å²) in [5.74, 6) is -0.213. The number of nitrogens with one attached hydrogen (secondary N) is 1. The highest BCUT2D eigenvalue weighted by Crippen LogP contribution is 2.21. The topological polar surface area (TPSA) is 12.0 Å². The highest BCUT2D eigenvalue weighted by molar-refractivity contribution is 9.10. The average Bonchev–Trinajstić information content (AvgIpc) is 2.39. The molecule has 2 aromatic carbocycles. The van der Waals surface area contributed by atoms with Crippen molar-refractivity contribution in [2.45, 2.75) is 19.5 Å². The molecule has 0 bridgehead atoms. The van der Waals surface area contributed by atoms with Crippen LogP contribution in [0.15, 0.2) is 51.4 Å². The van der Waals surface area contributed by atoms with Gasteiger partial charge in [0.05, 0.1) is 0 Å². The summed E-state index contributed by atoms with van der Waals surface area (Å²) in [6.07, 6.45) is 0. The molecule has 0 spiro atoms. The molecule has 0 aromatic heterocycles. The van der Waals surface area contributed by atoms with Crippen LogP contribution >= 0.6 is 31.9 Å². The van der Waals surface area contributed by atoms with Gasteiger partial charge >= 0.3 is 0 Å². The normalized spacial score (nSPS) is 12.4. The lowest BCUT2D eigenvalue weighted by atomic mass is 10.1. The summed E-state index contributed by atoms with van der Waals surface area (Å²) in [5.41, 5.74) is 2.11. The van der Waals surface area contributed by atoms with Gasteiger partial charge in [0.1, 0.15) is 5.82 Å². The Morgan fingerprint density at radius 1 is 1.16 bits per heavy atom. The summed E-state index contributed by atoms with van der Waals surface area (Å²) in [4.78, 5) is 0. The highest BCUT2D eigenvalue weighted by atomic mass is 79.9. The molecule has 0 unspecified atom stereocenters. The Kier molecular flexibility index (Phi) is 5.13. The monoisotopic (exact) mass is 385 g/mol. The summed E-state index contributed by atoms with van der Waals surface area (Å²) in [5, 5.41) is 3.39. The SMILES string of the molecule is C[C@H](NCc1cc(F)ccc1Br)c1cccc(Br)c1. The van der Waals surface area contributed by atoms with Gasteiger partial charge in [0, 0.05) is 21.5 Å². The molecular weight excluding hydrogens is 373 g/mol. The fourth-order valence-electron chi connectivity index (χ4n) is 1.84. The van der Waals surface area contributed by atoms with Gasteiger partial charge in [-0.25, -0.2) is 4.39 Å². The maximum atomic E-state index is 13.2. The number of hydrogen-bond acceptors (Lipinski definition) is 1. The molecule has 19 heavy (non-hydrogen) atoms. The molecule has 1 atom stereocenters. The van der Waals surface area contributed by atoms with E-state index >= 15 is 0 Å². The quantitative estimate of drug-likeness (QED) is 0.761. The molecule has 0 fully saturated rings. The van der Waals surface area contributed by atoms with E-state index in [0.29, 0.717) is 6.54 Å². The number of halogens is 3. The molecule has 2 rings (SSSR count). The summed E-state index contributed by atoms with van der Waals surface area (Å²) in [6, 6.07) is 13.1. The molecule has 2 aromatic rings. The molecule has 1 nitrogen and oxygen atoms in total. The molecule has 0 saturated heterocycles. The summed E-state index contributed by atoms with van der Waals surface area (Å²) in [6.45, 7) is 2.71. The van der Waals surface area contributed by atoms with Gasteiger partial charge in [-0.2, -0.15) is 0 Å². The Morgan fingerprint density at radius 2 is 1.95 bits per heavy atom. The van der Waals surface area contributed by atoms with E-state index in [1.54, 1.807) is 12.1 Å². The van der Waals surface area contributed by atoms with Crippen molar-refractivity contribution in [3.05, 3.63) is 68.4 Å². The summed E-state index contributed by atoms with van der Waals surface area (Å²) in [7, 11) is 0. The molecule has 0 amide bonds. The molecule has 100 valence electrons. The third-order valence-electron chi connectivity index (χ3n) is 2.96. The Morgan fingerprint density at radius 3 is 2.68 bits per heavy atom. The first kappa shape index (κ1) is 14.7. The van der Waals surface area contributed by atoms with E-state index in [2.05, 4.69) is 56.2 Å². The highest BCUT2D eigenvalue weighted by Gasteiger charge is 2.07. The van der Waals surface area contributed by atoms with Gasteiger partial charge in [-0.05, 0) is 48.4 Å². The predicted molar refractivity (Wildman–Crippen MR) is 83.5 cm³/mol. The van der Waals surface area contributed by atoms with Gasteiger partial charge in [0.15, 0.2) is 0 Å². The van der Waals surface area contributed by atoms with Crippen LogP contribution in [-0.2, 0) is 6.54 Å². The minimum atomic E-state index is -0.213. The Bertz CT molecular complexity index is 572. The van der Waals surface area contributed by atoms with Gasteiger partial charge in [-0.15, -0.1) is 0 Å². The lowest BCUT2D eigenvalue weighted by molar-refractivity contribution is 0.568. The van der Waals surface area contributed by atoms with Gasteiger partial charge < -0.3 is 5.32 Å². The van der Waals surface area contributed by atoms with Gasteiger partial charge in [0.25, 0.3) is 0 Å². The van der Waals surface area contributed by atoms with E-state index in [1.807, 2.05) is 12.1 Å². The number of rotatable bonds is 4. The zero-order valence-corrected chi connectivity index (χ0v) is 13.6. The second-order valence-electron chi connectivity index (χ2n) is 4.39. The first-order valence-corrected chi connectivity index (χ1v) is 7.57. The van der Waals surface area contributed by atoms with Crippen LogP contribution < -0.4 is 5.32 Å². The zero-order valence-electron chi connectivity index (χ0n) is 10.5. The lowest BCUT2D eigenvalue weighted by Gasteiger charge is -2.15. The average molecular weight is 387 g/mol.